The van der Waals surface area contributed by atoms with Gasteiger partial charge in [0.25, 0.3) is 0 Å². The van der Waals surface area contributed by atoms with Gasteiger partial charge in [0, 0.05) is 37.9 Å². The highest BCUT2D eigenvalue weighted by molar-refractivity contribution is 9.10. The van der Waals surface area contributed by atoms with Gasteiger partial charge in [-0.3, -0.25) is 9.58 Å². The van der Waals surface area contributed by atoms with Gasteiger partial charge in [0.05, 0.1) is 29.6 Å². The first-order valence-corrected chi connectivity index (χ1v) is 8.45. The Morgan fingerprint density at radius 3 is 2.83 bits per heavy atom. The Balaban J connectivity index is 1.74. The Labute approximate surface area is 144 Å². The summed E-state index contributed by atoms with van der Waals surface area (Å²) in [5.41, 5.74) is 8.56. The van der Waals surface area contributed by atoms with Crippen molar-refractivity contribution in [1.82, 2.24) is 14.7 Å². The largest absolute Gasteiger partial charge is 0.492 e. The van der Waals surface area contributed by atoms with Gasteiger partial charge in [-0.05, 0) is 34.1 Å². The quantitative estimate of drug-likeness (QED) is 0.804. The molecule has 0 saturated carbocycles. The van der Waals surface area contributed by atoms with E-state index in [1.807, 2.05) is 29.9 Å². The lowest BCUT2D eigenvalue weighted by Crippen LogP contribution is -2.38. The maximum absolute atomic E-state index is 6.03. The molecule has 0 aliphatic carbocycles. The first kappa shape index (κ1) is 16.3. The van der Waals surface area contributed by atoms with E-state index in [1.165, 1.54) is 0 Å². The van der Waals surface area contributed by atoms with E-state index < -0.39 is 0 Å². The molecule has 1 fully saturated rings. The number of rotatable bonds is 5. The molecule has 1 aliphatic heterocycles. The van der Waals surface area contributed by atoms with Crippen molar-refractivity contribution in [3.05, 3.63) is 28.9 Å². The number of anilines is 1. The summed E-state index contributed by atoms with van der Waals surface area (Å²) in [7, 11) is 1.90. The first-order valence-electron chi connectivity index (χ1n) is 7.65. The number of morpholine rings is 1. The van der Waals surface area contributed by atoms with Crippen LogP contribution in [0.3, 0.4) is 0 Å². The minimum atomic E-state index is 0.631. The third-order valence-electron chi connectivity index (χ3n) is 3.92. The fraction of sp³-hybridized carbons (Fsp3) is 0.438. The molecule has 6 nitrogen and oxygen atoms in total. The average molecular weight is 381 g/mol. The van der Waals surface area contributed by atoms with Gasteiger partial charge in [-0.15, -0.1) is 0 Å². The maximum atomic E-state index is 6.03. The number of nitrogen functional groups attached to an aromatic ring is 1. The summed E-state index contributed by atoms with van der Waals surface area (Å²) < 4.78 is 14.1. The molecule has 0 unspecified atom stereocenters. The van der Waals surface area contributed by atoms with Crippen molar-refractivity contribution < 1.29 is 9.47 Å². The molecule has 7 heteroatoms. The van der Waals surface area contributed by atoms with E-state index in [4.69, 9.17) is 15.2 Å². The summed E-state index contributed by atoms with van der Waals surface area (Å²) in [6, 6.07) is 5.70. The van der Waals surface area contributed by atoms with Crippen LogP contribution in [-0.4, -0.2) is 54.1 Å². The average Bonchev–Trinajstić information content (AvgIpc) is 2.89. The highest BCUT2D eigenvalue weighted by Crippen LogP contribution is 2.36. The van der Waals surface area contributed by atoms with Crippen LogP contribution in [0.4, 0.5) is 5.69 Å². The zero-order chi connectivity index (χ0) is 16.2. The smallest absolute Gasteiger partial charge is 0.128 e. The molecule has 0 spiro atoms. The highest BCUT2D eigenvalue weighted by Gasteiger charge is 2.15. The number of halogens is 1. The van der Waals surface area contributed by atoms with Gasteiger partial charge in [0.15, 0.2) is 0 Å². The lowest BCUT2D eigenvalue weighted by Gasteiger charge is -2.26. The van der Waals surface area contributed by atoms with E-state index in [1.54, 1.807) is 6.20 Å². The number of hydrogen-bond donors (Lipinski definition) is 1. The van der Waals surface area contributed by atoms with Gasteiger partial charge in [-0.1, -0.05) is 0 Å². The number of nitrogens with two attached hydrogens (primary N) is 1. The highest BCUT2D eigenvalue weighted by atomic mass is 79.9. The molecule has 1 aliphatic rings. The predicted molar refractivity (Wildman–Crippen MR) is 93.5 cm³/mol. The molecular weight excluding hydrogens is 360 g/mol. The second kappa shape index (κ2) is 7.33. The van der Waals surface area contributed by atoms with E-state index in [2.05, 4.69) is 25.9 Å². The summed E-state index contributed by atoms with van der Waals surface area (Å²) in [6.45, 7) is 5.05. The van der Waals surface area contributed by atoms with Crippen molar-refractivity contribution in [3.8, 4) is 17.0 Å². The number of benzene rings is 1. The Hall–Kier alpha value is -1.57. The monoisotopic (exact) mass is 380 g/mol. The van der Waals surface area contributed by atoms with Crippen LogP contribution in [0.2, 0.25) is 0 Å². The number of aryl methyl sites for hydroxylation is 1. The topological polar surface area (TPSA) is 65.5 Å². The standard InChI is InChI=1S/C16H21BrN4O2/c1-20-16(14(17)11-19-20)13-10-12(18)2-3-15(13)23-9-6-21-4-7-22-8-5-21/h2-3,10-11H,4-9,18H2,1H3. The van der Waals surface area contributed by atoms with Crippen molar-refractivity contribution in [2.45, 2.75) is 0 Å². The molecular formula is C16H21BrN4O2. The van der Waals surface area contributed by atoms with Crippen LogP contribution in [0.25, 0.3) is 11.3 Å². The predicted octanol–water partition coefficient (Wildman–Crippen LogP) is 2.14. The van der Waals surface area contributed by atoms with E-state index in [0.717, 1.165) is 54.3 Å². The van der Waals surface area contributed by atoms with Crippen molar-refractivity contribution in [3.63, 3.8) is 0 Å². The molecule has 1 saturated heterocycles. The summed E-state index contributed by atoms with van der Waals surface area (Å²) in [5.74, 6) is 0.816. The first-order chi connectivity index (χ1) is 11.1. The van der Waals surface area contributed by atoms with Crippen LogP contribution in [0, 0.1) is 0 Å². The number of aromatic nitrogens is 2. The van der Waals surface area contributed by atoms with Gasteiger partial charge in [-0.2, -0.15) is 5.10 Å². The molecule has 124 valence electrons. The minimum absolute atomic E-state index is 0.631. The Morgan fingerprint density at radius 2 is 2.13 bits per heavy atom. The van der Waals surface area contributed by atoms with Crippen molar-refractivity contribution in [2.24, 2.45) is 7.05 Å². The summed E-state index contributed by atoms with van der Waals surface area (Å²) in [5, 5.41) is 4.27. The normalized spacial score (nSPS) is 15.7. The molecule has 0 radical (unpaired) electrons. The number of nitrogens with zero attached hydrogens (tertiary/aromatic N) is 3. The Bertz CT molecular complexity index is 649. The molecule has 3 rings (SSSR count). The van der Waals surface area contributed by atoms with Gasteiger partial charge in [0.1, 0.15) is 12.4 Å². The fourth-order valence-electron chi connectivity index (χ4n) is 2.68. The Morgan fingerprint density at radius 1 is 1.35 bits per heavy atom. The second-order valence-corrected chi connectivity index (χ2v) is 6.38. The lowest BCUT2D eigenvalue weighted by atomic mass is 10.1. The summed E-state index contributed by atoms with van der Waals surface area (Å²) >= 11 is 3.54. The van der Waals surface area contributed by atoms with Crippen molar-refractivity contribution in [2.75, 3.05) is 45.2 Å². The lowest BCUT2D eigenvalue weighted by molar-refractivity contribution is 0.0323. The molecule has 0 bridgehead atoms. The van der Waals surface area contributed by atoms with Gasteiger partial charge < -0.3 is 15.2 Å². The molecule has 23 heavy (non-hydrogen) atoms. The second-order valence-electron chi connectivity index (χ2n) is 5.52. The third-order valence-corrected chi connectivity index (χ3v) is 4.50. The fourth-order valence-corrected chi connectivity index (χ4v) is 3.24. The van der Waals surface area contributed by atoms with E-state index >= 15 is 0 Å². The van der Waals surface area contributed by atoms with Gasteiger partial charge in [-0.25, -0.2) is 0 Å². The molecule has 2 N–H and O–H groups in total. The van der Waals surface area contributed by atoms with Crippen molar-refractivity contribution >= 4 is 21.6 Å². The maximum Gasteiger partial charge on any atom is 0.128 e. The Kier molecular flexibility index (Phi) is 5.20. The molecule has 2 heterocycles. The zero-order valence-electron chi connectivity index (χ0n) is 13.2. The molecule has 1 aromatic heterocycles. The summed E-state index contributed by atoms with van der Waals surface area (Å²) in [4.78, 5) is 2.35. The van der Waals surface area contributed by atoms with Crippen LogP contribution < -0.4 is 10.5 Å². The van der Waals surface area contributed by atoms with E-state index in [9.17, 15) is 0 Å². The molecule has 2 aromatic rings. The van der Waals surface area contributed by atoms with Crippen molar-refractivity contribution in [1.29, 1.82) is 0 Å². The van der Waals surface area contributed by atoms with Gasteiger partial charge in [0.2, 0.25) is 0 Å². The molecule has 0 atom stereocenters. The van der Waals surface area contributed by atoms with Crippen LogP contribution in [0.5, 0.6) is 5.75 Å². The van der Waals surface area contributed by atoms with Crippen LogP contribution in [-0.2, 0) is 11.8 Å². The number of hydrogen-bond acceptors (Lipinski definition) is 5. The van der Waals surface area contributed by atoms with Crippen LogP contribution >= 0.6 is 15.9 Å². The molecule has 1 aromatic carbocycles. The molecule has 0 amide bonds. The summed E-state index contributed by atoms with van der Waals surface area (Å²) in [6.07, 6.45) is 1.77. The third kappa shape index (κ3) is 3.85. The minimum Gasteiger partial charge on any atom is -0.492 e. The van der Waals surface area contributed by atoms with E-state index in [0.29, 0.717) is 12.3 Å². The number of ether oxygens (including phenoxy) is 2. The van der Waals surface area contributed by atoms with E-state index in [-0.39, 0.29) is 0 Å². The SMILES string of the molecule is Cn1ncc(Br)c1-c1cc(N)ccc1OCCN1CCOCC1. The van der Waals surface area contributed by atoms with Crippen LogP contribution in [0.1, 0.15) is 0 Å². The van der Waals surface area contributed by atoms with Crippen LogP contribution in [0.15, 0.2) is 28.9 Å². The zero-order valence-corrected chi connectivity index (χ0v) is 14.8. The van der Waals surface area contributed by atoms with Gasteiger partial charge >= 0.3 is 0 Å².